The van der Waals surface area contributed by atoms with Crippen LogP contribution in [0.3, 0.4) is 0 Å². The molecular weight excluding hydrogens is 268 g/mol. The number of hydrogen-bond acceptors (Lipinski definition) is 5. The predicted molar refractivity (Wildman–Crippen MR) is 82.6 cm³/mol. The lowest BCUT2D eigenvalue weighted by Crippen LogP contribution is -2.35. The predicted octanol–water partition coefficient (Wildman–Crippen LogP) is 2.62. The van der Waals surface area contributed by atoms with Crippen molar-refractivity contribution in [1.29, 1.82) is 0 Å². The third-order valence-corrected chi connectivity index (χ3v) is 3.91. The molecule has 0 atom stereocenters. The molecule has 0 saturated carbocycles. The zero-order valence-electron chi connectivity index (χ0n) is 11.9. The third kappa shape index (κ3) is 2.80. The Labute approximate surface area is 122 Å². The highest BCUT2D eigenvalue weighted by Crippen LogP contribution is 2.32. The van der Waals surface area contributed by atoms with Crippen LogP contribution in [0.15, 0.2) is 24.4 Å². The Hall–Kier alpha value is -2.21. The SMILES string of the molecule is Cc1cc2c(NC3CCNCC3)ccc([N+](=O)[O-])c2cn1. The zero-order chi connectivity index (χ0) is 14.8. The number of piperidine rings is 1. The molecule has 0 bridgehead atoms. The van der Waals surface area contributed by atoms with Crippen LogP contribution >= 0.6 is 0 Å². The molecule has 2 N–H and O–H groups in total. The minimum absolute atomic E-state index is 0.105. The zero-order valence-corrected chi connectivity index (χ0v) is 11.9. The molecule has 21 heavy (non-hydrogen) atoms. The number of pyridine rings is 1. The van der Waals surface area contributed by atoms with Crippen molar-refractivity contribution in [3.05, 3.63) is 40.2 Å². The van der Waals surface area contributed by atoms with Crippen molar-refractivity contribution in [3.63, 3.8) is 0 Å². The minimum atomic E-state index is -0.354. The van der Waals surface area contributed by atoms with Crippen LogP contribution in [0, 0.1) is 17.0 Å². The summed E-state index contributed by atoms with van der Waals surface area (Å²) < 4.78 is 0. The second-order valence-corrected chi connectivity index (χ2v) is 5.43. The number of nitro groups is 1. The summed E-state index contributed by atoms with van der Waals surface area (Å²) in [5, 5.41) is 19.5. The summed E-state index contributed by atoms with van der Waals surface area (Å²) in [6.07, 6.45) is 3.71. The summed E-state index contributed by atoms with van der Waals surface area (Å²) >= 11 is 0. The molecule has 2 aromatic rings. The summed E-state index contributed by atoms with van der Waals surface area (Å²) in [6, 6.07) is 5.68. The number of nitrogens with zero attached hydrogens (tertiary/aromatic N) is 2. The number of fused-ring (bicyclic) bond motifs is 1. The van der Waals surface area contributed by atoms with Crippen LogP contribution in [-0.4, -0.2) is 29.0 Å². The van der Waals surface area contributed by atoms with E-state index in [4.69, 9.17) is 0 Å². The van der Waals surface area contributed by atoms with Gasteiger partial charge in [-0.25, -0.2) is 0 Å². The van der Waals surface area contributed by atoms with Crippen LogP contribution in [0.25, 0.3) is 10.8 Å². The fourth-order valence-corrected chi connectivity index (χ4v) is 2.80. The molecule has 6 heteroatoms. The fraction of sp³-hybridized carbons (Fsp3) is 0.400. The summed E-state index contributed by atoms with van der Waals surface area (Å²) in [4.78, 5) is 15.0. The lowest BCUT2D eigenvalue weighted by atomic mass is 10.0. The molecule has 1 fully saturated rings. The van der Waals surface area contributed by atoms with Gasteiger partial charge < -0.3 is 10.6 Å². The number of aryl methyl sites for hydroxylation is 1. The molecule has 0 spiro atoms. The number of hydrogen-bond donors (Lipinski definition) is 2. The Kier molecular flexibility index (Phi) is 3.70. The number of non-ortho nitro benzene ring substituents is 1. The van der Waals surface area contributed by atoms with Crippen LogP contribution in [0.1, 0.15) is 18.5 Å². The van der Waals surface area contributed by atoms with Gasteiger partial charge in [0.2, 0.25) is 0 Å². The van der Waals surface area contributed by atoms with Crippen LogP contribution in [0.2, 0.25) is 0 Å². The molecule has 1 saturated heterocycles. The highest BCUT2D eigenvalue weighted by atomic mass is 16.6. The maximum atomic E-state index is 11.2. The van der Waals surface area contributed by atoms with E-state index in [1.807, 2.05) is 19.1 Å². The van der Waals surface area contributed by atoms with E-state index in [1.54, 1.807) is 12.3 Å². The highest BCUT2D eigenvalue weighted by Gasteiger charge is 2.18. The van der Waals surface area contributed by atoms with E-state index in [0.717, 1.165) is 42.7 Å². The van der Waals surface area contributed by atoms with Crippen molar-refractivity contribution >= 4 is 22.1 Å². The summed E-state index contributed by atoms with van der Waals surface area (Å²) in [7, 11) is 0. The molecule has 110 valence electrons. The molecule has 1 aliphatic heterocycles. The average Bonchev–Trinajstić information content (AvgIpc) is 2.48. The number of nitro benzene ring substituents is 1. The highest BCUT2D eigenvalue weighted by molar-refractivity contribution is 5.99. The largest absolute Gasteiger partial charge is 0.382 e. The lowest BCUT2D eigenvalue weighted by molar-refractivity contribution is -0.383. The lowest BCUT2D eigenvalue weighted by Gasteiger charge is -2.25. The topological polar surface area (TPSA) is 80.1 Å². The molecule has 3 rings (SSSR count). The van der Waals surface area contributed by atoms with Gasteiger partial charge in [0.05, 0.1) is 10.3 Å². The van der Waals surface area contributed by atoms with Crippen molar-refractivity contribution in [2.75, 3.05) is 18.4 Å². The van der Waals surface area contributed by atoms with Gasteiger partial charge in [-0.05, 0) is 45.0 Å². The minimum Gasteiger partial charge on any atom is -0.382 e. The Morgan fingerprint density at radius 1 is 1.33 bits per heavy atom. The van der Waals surface area contributed by atoms with Crippen LogP contribution in [0.4, 0.5) is 11.4 Å². The van der Waals surface area contributed by atoms with Crippen molar-refractivity contribution < 1.29 is 4.92 Å². The maximum Gasteiger partial charge on any atom is 0.278 e. The van der Waals surface area contributed by atoms with Gasteiger partial charge in [-0.3, -0.25) is 15.1 Å². The molecular formula is C15H18N4O2. The van der Waals surface area contributed by atoms with E-state index < -0.39 is 0 Å². The maximum absolute atomic E-state index is 11.2. The number of rotatable bonds is 3. The first-order valence-corrected chi connectivity index (χ1v) is 7.16. The van der Waals surface area contributed by atoms with E-state index in [0.29, 0.717) is 11.4 Å². The van der Waals surface area contributed by atoms with E-state index in [1.165, 1.54) is 0 Å². The van der Waals surface area contributed by atoms with Crippen molar-refractivity contribution in [3.8, 4) is 0 Å². The first-order valence-electron chi connectivity index (χ1n) is 7.16. The average molecular weight is 286 g/mol. The van der Waals surface area contributed by atoms with Gasteiger partial charge in [0.1, 0.15) is 0 Å². The Balaban J connectivity index is 2.03. The van der Waals surface area contributed by atoms with Gasteiger partial charge in [0.15, 0.2) is 0 Å². The molecule has 1 aromatic carbocycles. The van der Waals surface area contributed by atoms with E-state index in [-0.39, 0.29) is 10.6 Å². The van der Waals surface area contributed by atoms with Crippen LogP contribution < -0.4 is 10.6 Å². The molecule has 6 nitrogen and oxygen atoms in total. The number of nitrogens with one attached hydrogen (secondary N) is 2. The van der Waals surface area contributed by atoms with Gasteiger partial charge in [-0.2, -0.15) is 0 Å². The molecule has 0 aliphatic carbocycles. The summed E-state index contributed by atoms with van der Waals surface area (Å²) in [5.74, 6) is 0. The first-order chi connectivity index (χ1) is 10.1. The van der Waals surface area contributed by atoms with E-state index >= 15 is 0 Å². The number of aromatic nitrogens is 1. The van der Waals surface area contributed by atoms with Gasteiger partial charge in [0, 0.05) is 35.1 Å². The van der Waals surface area contributed by atoms with E-state index in [2.05, 4.69) is 15.6 Å². The van der Waals surface area contributed by atoms with Crippen molar-refractivity contribution in [1.82, 2.24) is 10.3 Å². The summed E-state index contributed by atoms with van der Waals surface area (Å²) in [6.45, 7) is 3.90. The summed E-state index contributed by atoms with van der Waals surface area (Å²) in [5.41, 5.74) is 1.91. The Bertz CT molecular complexity index is 681. The fourth-order valence-electron chi connectivity index (χ4n) is 2.80. The van der Waals surface area contributed by atoms with Crippen molar-refractivity contribution in [2.45, 2.75) is 25.8 Å². The molecule has 1 aliphatic rings. The molecule has 2 heterocycles. The van der Waals surface area contributed by atoms with Gasteiger partial charge in [-0.1, -0.05) is 0 Å². The van der Waals surface area contributed by atoms with Gasteiger partial charge >= 0.3 is 0 Å². The van der Waals surface area contributed by atoms with Gasteiger partial charge in [-0.15, -0.1) is 0 Å². The quantitative estimate of drug-likeness (QED) is 0.669. The van der Waals surface area contributed by atoms with Crippen molar-refractivity contribution in [2.24, 2.45) is 0 Å². The smallest absolute Gasteiger partial charge is 0.278 e. The van der Waals surface area contributed by atoms with Gasteiger partial charge in [0.25, 0.3) is 5.69 Å². The third-order valence-electron chi connectivity index (χ3n) is 3.91. The van der Waals surface area contributed by atoms with E-state index in [9.17, 15) is 10.1 Å². The molecule has 0 amide bonds. The number of anilines is 1. The van der Waals surface area contributed by atoms with Crippen LogP contribution in [-0.2, 0) is 0 Å². The normalized spacial score (nSPS) is 16.0. The Morgan fingerprint density at radius 2 is 2.10 bits per heavy atom. The van der Waals surface area contributed by atoms with Crippen LogP contribution in [0.5, 0.6) is 0 Å². The molecule has 0 radical (unpaired) electrons. The Morgan fingerprint density at radius 3 is 2.81 bits per heavy atom. The second-order valence-electron chi connectivity index (χ2n) is 5.43. The first kappa shape index (κ1) is 13.8. The standard InChI is InChI=1S/C15H18N4O2/c1-10-8-12-13(9-17-10)15(19(20)21)3-2-14(12)18-11-4-6-16-7-5-11/h2-3,8-9,11,16,18H,4-7H2,1H3. The number of benzene rings is 1. The second kappa shape index (κ2) is 5.65. The molecule has 1 aromatic heterocycles. The molecule has 0 unspecified atom stereocenters. The monoisotopic (exact) mass is 286 g/mol.